The summed E-state index contributed by atoms with van der Waals surface area (Å²) in [5.41, 5.74) is -6.68. The van der Waals surface area contributed by atoms with Crippen LogP contribution in [0.25, 0.3) is 0 Å². The lowest BCUT2D eigenvalue weighted by Crippen LogP contribution is -2.65. The Morgan fingerprint density at radius 2 is 1.25 bits per heavy atom. The third-order valence-electron chi connectivity index (χ3n) is 9.51. The van der Waals surface area contributed by atoms with E-state index in [2.05, 4.69) is 0 Å². The molecule has 0 aromatic rings. The number of epoxide rings is 1. The summed E-state index contributed by atoms with van der Waals surface area (Å²) in [4.78, 5) is 63.4. The Morgan fingerprint density at radius 1 is 0.800 bits per heavy atom. The minimum absolute atomic E-state index is 0.0527. The number of hydrogen-bond donors (Lipinski definition) is 2. The van der Waals surface area contributed by atoms with Crippen LogP contribution in [0.2, 0.25) is 0 Å². The molecule has 2 N–H and O–H groups in total. The summed E-state index contributed by atoms with van der Waals surface area (Å²) in [6.45, 7) is 12.9. The smallest absolute Gasteiger partial charge is 0.303 e. The topological polar surface area (TPSA) is 175 Å². The maximum Gasteiger partial charge on any atom is 0.303 e. The van der Waals surface area contributed by atoms with E-state index in [0.29, 0.717) is 0 Å². The second-order valence-corrected chi connectivity index (χ2v) is 12.8. The summed E-state index contributed by atoms with van der Waals surface area (Å²) >= 11 is 0. The van der Waals surface area contributed by atoms with Crippen LogP contribution in [0.15, 0.2) is 0 Å². The monoisotopic (exact) mass is 568 g/mol. The van der Waals surface area contributed by atoms with Gasteiger partial charge in [0, 0.05) is 39.5 Å². The molecular formula is C28H40O12. The van der Waals surface area contributed by atoms with Crippen LogP contribution in [-0.2, 0) is 47.7 Å². The molecule has 1 saturated heterocycles. The summed E-state index contributed by atoms with van der Waals surface area (Å²) in [7, 11) is 0. The number of aliphatic hydroxyl groups is 2. The first kappa shape index (κ1) is 30.4. The van der Waals surface area contributed by atoms with E-state index >= 15 is 0 Å². The Morgan fingerprint density at radius 3 is 1.75 bits per heavy atom. The van der Waals surface area contributed by atoms with E-state index in [9.17, 15) is 34.2 Å². The zero-order chi connectivity index (χ0) is 30.3. The maximum atomic E-state index is 14.3. The highest BCUT2D eigenvalue weighted by molar-refractivity contribution is 5.95. The summed E-state index contributed by atoms with van der Waals surface area (Å²) < 4.78 is 28.7. The van der Waals surface area contributed by atoms with Gasteiger partial charge in [-0.15, -0.1) is 0 Å². The van der Waals surface area contributed by atoms with Gasteiger partial charge in [0.2, 0.25) is 0 Å². The predicted molar refractivity (Wildman–Crippen MR) is 134 cm³/mol. The molecule has 0 radical (unpaired) electrons. The van der Waals surface area contributed by atoms with Gasteiger partial charge >= 0.3 is 23.9 Å². The average molecular weight is 569 g/mol. The molecule has 12 atom stereocenters. The Kier molecular flexibility index (Phi) is 7.21. The van der Waals surface area contributed by atoms with Crippen LogP contribution in [0, 0.1) is 29.1 Å². The third kappa shape index (κ3) is 4.25. The number of carbonyl (C=O) groups excluding carboxylic acids is 5. The molecule has 3 aliphatic carbocycles. The molecule has 12 heteroatoms. The quantitative estimate of drug-likeness (QED) is 0.278. The number of hydrogen-bond acceptors (Lipinski definition) is 12. The first-order valence-corrected chi connectivity index (χ1v) is 13.6. The fourth-order valence-electron chi connectivity index (χ4n) is 7.86. The van der Waals surface area contributed by atoms with Crippen LogP contribution >= 0.6 is 0 Å². The van der Waals surface area contributed by atoms with Crippen molar-refractivity contribution in [2.24, 2.45) is 29.1 Å². The minimum Gasteiger partial charge on any atom is -0.461 e. The summed E-state index contributed by atoms with van der Waals surface area (Å²) in [5, 5.41) is 24.0. The normalized spacial score (nSPS) is 46.9. The number of rotatable bonds is 4. The highest BCUT2D eigenvalue weighted by Gasteiger charge is 2.89. The van der Waals surface area contributed by atoms with E-state index in [4.69, 9.17) is 23.7 Å². The molecule has 1 aliphatic heterocycles. The first-order valence-electron chi connectivity index (χ1n) is 13.6. The lowest BCUT2D eigenvalue weighted by atomic mass is 9.73. The summed E-state index contributed by atoms with van der Waals surface area (Å²) in [6.07, 6.45) is -6.98. The number of esters is 4. The lowest BCUT2D eigenvalue weighted by molar-refractivity contribution is -0.223. The van der Waals surface area contributed by atoms with E-state index in [-0.39, 0.29) is 6.42 Å². The second kappa shape index (κ2) is 9.49. The SMILES string of the molecule is CC(=O)OC1C(C)C(=O)C23CC(C)C(OC(C)=O)C2(O3)C(O)C(C)(O)C(OC(C)=O)C(OC(C)=O)C2C1C2(C)C. The van der Waals surface area contributed by atoms with Gasteiger partial charge in [-0.25, -0.2) is 0 Å². The van der Waals surface area contributed by atoms with Gasteiger partial charge in [0.1, 0.15) is 30.0 Å². The minimum atomic E-state index is -2.37. The van der Waals surface area contributed by atoms with Gasteiger partial charge in [-0.05, 0) is 24.7 Å². The van der Waals surface area contributed by atoms with Crippen molar-refractivity contribution in [3.63, 3.8) is 0 Å². The van der Waals surface area contributed by atoms with Gasteiger partial charge in [0.15, 0.2) is 23.1 Å². The zero-order valence-corrected chi connectivity index (χ0v) is 24.4. The van der Waals surface area contributed by atoms with Gasteiger partial charge in [0.05, 0.1) is 5.92 Å². The van der Waals surface area contributed by atoms with Crippen molar-refractivity contribution in [1.29, 1.82) is 0 Å². The van der Waals surface area contributed by atoms with Crippen molar-refractivity contribution >= 4 is 29.7 Å². The number of aliphatic hydroxyl groups excluding tert-OH is 1. The van der Waals surface area contributed by atoms with Crippen LogP contribution in [-0.4, -0.2) is 87.2 Å². The van der Waals surface area contributed by atoms with Crippen molar-refractivity contribution in [2.45, 2.75) is 116 Å². The number of Topliss-reactive ketones (excluding diaryl/α,β-unsaturated/α-hetero) is 1. The molecule has 1 heterocycles. The number of carbonyl (C=O) groups is 5. The molecule has 0 spiro atoms. The van der Waals surface area contributed by atoms with Crippen molar-refractivity contribution in [3.05, 3.63) is 0 Å². The van der Waals surface area contributed by atoms with E-state index in [1.165, 1.54) is 20.8 Å². The largest absolute Gasteiger partial charge is 0.461 e. The van der Waals surface area contributed by atoms with Gasteiger partial charge in [-0.3, -0.25) is 24.0 Å². The Bertz CT molecular complexity index is 1130. The third-order valence-corrected chi connectivity index (χ3v) is 9.51. The molecule has 224 valence electrons. The van der Waals surface area contributed by atoms with Crippen molar-refractivity contribution < 1.29 is 57.9 Å². The predicted octanol–water partition coefficient (Wildman–Crippen LogP) is 0.864. The first-order chi connectivity index (χ1) is 18.3. The van der Waals surface area contributed by atoms with E-state index in [1.54, 1.807) is 13.8 Å². The Hall–Kier alpha value is -2.57. The average Bonchev–Trinajstić information content (AvgIpc) is 3.62. The van der Waals surface area contributed by atoms with Crippen molar-refractivity contribution in [2.75, 3.05) is 0 Å². The number of ether oxygens (including phenoxy) is 5. The van der Waals surface area contributed by atoms with Gasteiger partial charge in [-0.1, -0.05) is 27.7 Å². The summed E-state index contributed by atoms with van der Waals surface area (Å²) in [5.74, 6) is -5.99. The molecule has 4 aliphatic rings. The van der Waals surface area contributed by atoms with Crippen molar-refractivity contribution in [1.82, 2.24) is 0 Å². The van der Waals surface area contributed by atoms with Crippen LogP contribution in [0.4, 0.5) is 0 Å². The lowest BCUT2D eigenvalue weighted by Gasteiger charge is -2.43. The van der Waals surface area contributed by atoms with Crippen LogP contribution in [0.1, 0.15) is 68.7 Å². The zero-order valence-electron chi connectivity index (χ0n) is 24.4. The molecule has 0 aromatic heterocycles. The van der Waals surface area contributed by atoms with Gasteiger partial charge < -0.3 is 33.9 Å². The number of fused-ring (bicyclic) bond motifs is 1. The molecule has 0 aromatic carbocycles. The molecule has 4 fully saturated rings. The summed E-state index contributed by atoms with van der Waals surface area (Å²) in [6, 6.07) is 0. The van der Waals surface area contributed by atoms with Gasteiger partial charge in [-0.2, -0.15) is 0 Å². The molecule has 40 heavy (non-hydrogen) atoms. The fourth-order valence-corrected chi connectivity index (χ4v) is 7.86. The van der Waals surface area contributed by atoms with Crippen molar-refractivity contribution in [3.8, 4) is 0 Å². The molecule has 12 nitrogen and oxygen atoms in total. The molecule has 12 unspecified atom stereocenters. The van der Waals surface area contributed by atoms with Crippen LogP contribution in [0.3, 0.4) is 0 Å². The van der Waals surface area contributed by atoms with E-state index < -0.39 is 106 Å². The highest BCUT2D eigenvalue weighted by atomic mass is 16.7. The highest BCUT2D eigenvalue weighted by Crippen LogP contribution is 2.70. The Labute approximate surface area is 233 Å². The second-order valence-electron chi connectivity index (χ2n) is 12.8. The molecule has 0 amide bonds. The molecule has 0 bridgehead atoms. The molecule has 4 rings (SSSR count). The maximum absolute atomic E-state index is 14.3. The standard InChI is InChI=1S/C28H40O12/c1-11-10-27-21(33)12(2)19(36-13(3)29)17-18(25(17,7)8)20(37-14(4)30)23(39-16(6)32)26(9,35)24(34)28(27,40-27)22(11)38-15(5)31/h11-12,17-20,22-24,34-35H,10H2,1-9H3. The molecule has 3 saturated carbocycles. The van der Waals surface area contributed by atoms with Crippen LogP contribution < -0.4 is 0 Å². The van der Waals surface area contributed by atoms with Crippen LogP contribution in [0.5, 0.6) is 0 Å². The molecular weight excluding hydrogens is 528 g/mol. The van der Waals surface area contributed by atoms with E-state index in [1.807, 2.05) is 13.8 Å². The van der Waals surface area contributed by atoms with Gasteiger partial charge in [0.25, 0.3) is 0 Å². The van der Waals surface area contributed by atoms with E-state index in [0.717, 1.165) is 13.8 Å². The number of ketones is 1. The Balaban J connectivity index is 1.98. The fraction of sp³-hybridized carbons (Fsp3) is 0.821.